The van der Waals surface area contributed by atoms with Crippen LogP contribution >= 0.6 is 0 Å². The molecule has 1 aliphatic heterocycles. The van der Waals surface area contributed by atoms with E-state index in [0.717, 1.165) is 25.8 Å². The highest BCUT2D eigenvalue weighted by Gasteiger charge is 2.33. The summed E-state index contributed by atoms with van der Waals surface area (Å²) in [4.78, 5) is 13.3. The fraction of sp³-hybridized carbons (Fsp3) is 0.235. The lowest BCUT2D eigenvalue weighted by Gasteiger charge is -2.39. The van der Waals surface area contributed by atoms with Gasteiger partial charge in [0.15, 0.2) is 0 Å². The Morgan fingerprint density at radius 3 is 2.68 bits per heavy atom. The minimum Gasteiger partial charge on any atom is -0.338 e. The normalized spacial score (nSPS) is 19.6. The minimum absolute atomic E-state index is 0.229. The Morgan fingerprint density at radius 1 is 1.00 bits per heavy atom. The quantitative estimate of drug-likeness (QED) is 0.711. The number of carbonyl (C=O) groups is 1. The van der Waals surface area contributed by atoms with E-state index in [0.29, 0.717) is 0 Å². The first-order valence-corrected chi connectivity index (χ1v) is 6.79. The van der Waals surface area contributed by atoms with Crippen LogP contribution in [-0.2, 0) is 17.6 Å². The first-order valence-electron chi connectivity index (χ1n) is 6.79. The molecule has 0 fully saturated rings. The Balaban J connectivity index is 2.00. The summed E-state index contributed by atoms with van der Waals surface area (Å²) in [5.41, 5.74) is 6.79. The monoisotopic (exact) mass is 249 g/mol. The Kier molecular flexibility index (Phi) is 2.25. The summed E-state index contributed by atoms with van der Waals surface area (Å²) < 4.78 is 0. The number of hydrogen-bond acceptors (Lipinski definition) is 1. The molecule has 4 rings (SSSR count). The van der Waals surface area contributed by atoms with Gasteiger partial charge in [-0.1, -0.05) is 42.5 Å². The van der Waals surface area contributed by atoms with Crippen LogP contribution in [0.15, 0.2) is 42.5 Å². The Labute approximate surface area is 112 Å². The molecule has 0 aromatic heterocycles. The van der Waals surface area contributed by atoms with Crippen LogP contribution in [0.5, 0.6) is 0 Å². The average molecular weight is 249 g/mol. The Morgan fingerprint density at radius 2 is 1.79 bits per heavy atom. The van der Waals surface area contributed by atoms with Gasteiger partial charge in [-0.3, -0.25) is 4.79 Å². The second kappa shape index (κ2) is 3.95. The molecule has 0 saturated heterocycles. The van der Waals surface area contributed by atoms with Crippen LogP contribution < -0.4 is 0 Å². The number of benzene rings is 2. The molecule has 94 valence electrons. The van der Waals surface area contributed by atoms with Crippen LogP contribution in [0.25, 0.3) is 11.1 Å². The molecule has 2 aromatic rings. The number of hydrogen-bond donors (Lipinski definition) is 0. The summed E-state index contributed by atoms with van der Waals surface area (Å²) in [6, 6.07) is 15.3. The van der Waals surface area contributed by atoms with Gasteiger partial charge >= 0.3 is 0 Å². The third-order valence-electron chi connectivity index (χ3n) is 4.43. The zero-order valence-corrected chi connectivity index (χ0v) is 10.7. The molecular weight excluding hydrogens is 234 g/mol. The van der Waals surface area contributed by atoms with Gasteiger partial charge in [-0.15, -0.1) is 0 Å². The van der Waals surface area contributed by atoms with Crippen molar-refractivity contribution in [2.75, 3.05) is 6.54 Å². The molecule has 1 amide bonds. The molecule has 0 saturated carbocycles. The van der Waals surface area contributed by atoms with Gasteiger partial charge in [-0.05, 0) is 40.7 Å². The summed E-state index contributed by atoms with van der Waals surface area (Å²) in [7, 11) is 0. The van der Waals surface area contributed by atoms with E-state index in [1.165, 1.54) is 27.8 Å². The van der Waals surface area contributed by atoms with Gasteiger partial charge < -0.3 is 4.90 Å². The van der Waals surface area contributed by atoms with Crippen molar-refractivity contribution in [1.29, 1.82) is 0 Å². The molecule has 2 aliphatic rings. The van der Waals surface area contributed by atoms with E-state index in [1.54, 1.807) is 0 Å². The molecule has 0 bridgehead atoms. The lowest BCUT2D eigenvalue weighted by Crippen LogP contribution is -2.37. The highest BCUT2D eigenvalue weighted by atomic mass is 16.1. The average Bonchev–Trinajstić information content (AvgIpc) is 2.48. The van der Waals surface area contributed by atoms with Gasteiger partial charge in [-0.2, -0.15) is 0 Å². The van der Waals surface area contributed by atoms with E-state index in [4.69, 9.17) is 0 Å². The van der Waals surface area contributed by atoms with Crippen molar-refractivity contribution in [3.63, 3.8) is 0 Å². The molecular formula is C17H15NO. The number of rotatable bonds is 1. The highest BCUT2D eigenvalue weighted by molar-refractivity contribution is 5.76. The van der Waals surface area contributed by atoms with Crippen molar-refractivity contribution in [2.24, 2.45) is 0 Å². The highest BCUT2D eigenvalue weighted by Crippen LogP contribution is 2.44. The van der Waals surface area contributed by atoms with E-state index in [9.17, 15) is 4.79 Å². The molecule has 2 heteroatoms. The summed E-state index contributed by atoms with van der Waals surface area (Å²) in [6.07, 6.45) is 2.93. The zero-order valence-electron chi connectivity index (χ0n) is 10.7. The maximum atomic E-state index is 11.3. The van der Waals surface area contributed by atoms with E-state index in [1.807, 2.05) is 4.90 Å². The molecule has 2 aromatic carbocycles. The molecule has 0 radical (unpaired) electrons. The van der Waals surface area contributed by atoms with Gasteiger partial charge in [0.25, 0.3) is 0 Å². The summed E-state index contributed by atoms with van der Waals surface area (Å²) in [6.45, 7) is 0.840. The predicted octanol–water partition coefficient (Wildman–Crippen LogP) is 2.97. The molecule has 0 spiro atoms. The number of amides is 1. The predicted molar refractivity (Wildman–Crippen MR) is 74.8 cm³/mol. The molecule has 1 heterocycles. The molecule has 19 heavy (non-hydrogen) atoms. The first-order chi connectivity index (χ1) is 9.38. The molecule has 1 atom stereocenters. The lowest BCUT2D eigenvalue weighted by atomic mass is 9.77. The van der Waals surface area contributed by atoms with Crippen molar-refractivity contribution in [2.45, 2.75) is 18.9 Å². The summed E-state index contributed by atoms with van der Waals surface area (Å²) in [5, 5.41) is 0. The smallest absolute Gasteiger partial charge is 0.210 e. The topological polar surface area (TPSA) is 20.3 Å². The van der Waals surface area contributed by atoms with Gasteiger partial charge in [0.1, 0.15) is 0 Å². The third kappa shape index (κ3) is 1.46. The molecule has 0 N–H and O–H groups in total. The fourth-order valence-corrected chi connectivity index (χ4v) is 3.55. The van der Waals surface area contributed by atoms with Crippen molar-refractivity contribution in [3.05, 3.63) is 59.2 Å². The van der Waals surface area contributed by atoms with Gasteiger partial charge in [0.05, 0.1) is 6.04 Å². The van der Waals surface area contributed by atoms with Crippen molar-refractivity contribution >= 4 is 6.41 Å². The minimum atomic E-state index is 0.229. The second-order valence-electron chi connectivity index (χ2n) is 5.35. The summed E-state index contributed by atoms with van der Waals surface area (Å²) in [5.74, 6) is 0. The Bertz CT molecular complexity index is 662. The van der Waals surface area contributed by atoms with Gasteiger partial charge in [-0.25, -0.2) is 0 Å². The van der Waals surface area contributed by atoms with Crippen LogP contribution in [0, 0.1) is 0 Å². The first kappa shape index (κ1) is 10.8. The molecule has 1 unspecified atom stereocenters. The SMILES string of the molecule is O=CN1CCc2cccc3c2C1Cc1ccccc1-3. The maximum absolute atomic E-state index is 11.3. The second-order valence-corrected chi connectivity index (χ2v) is 5.35. The largest absolute Gasteiger partial charge is 0.338 e. The third-order valence-corrected chi connectivity index (χ3v) is 4.43. The van der Waals surface area contributed by atoms with Crippen LogP contribution in [0.3, 0.4) is 0 Å². The molecule has 2 nitrogen and oxygen atoms in total. The van der Waals surface area contributed by atoms with Gasteiger partial charge in [0.2, 0.25) is 6.41 Å². The van der Waals surface area contributed by atoms with E-state index < -0.39 is 0 Å². The fourth-order valence-electron chi connectivity index (χ4n) is 3.55. The number of fused-ring (bicyclic) bond motifs is 2. The van der Waals surface area contributed by atoms with Crippen molar-refractivity contribution in [1.82, 2.24) is 4.90 Å². The van der Waals surface area contributed by atoms with E-state index >= 15 is 0 Å². The summed E-state index contributed by atoms with van der Waals surface area (Å²) >= 11 is 0. The molecule has 1 aliphatic carbocycles. The number of nitrogens with zero attached hydrogens (tertiary/aromatic N) is 1. The van der Waals surface area contributed by atoms with E-state index in [-0.39, 0.29) is 6.04 Å². The number of carbonyl (C=O) groups excluding carboxylic acids is 1. The van der Waals surface area contributed by atoms with Gasteiger partial charge in [0, 0.05) is 6.54 Å². The van der Waals surface area contributed by atoms with E-state index in [2.05, 4.69) is 42.5 Å². The van der Waals surface area contributed by atoms with Crippen molar-refractivity contribution < 1.29 is 4.79 Å². The lowest BCUT2D eigenvalue weighted by molar-refractivity contribution is -0.120. The Hall–Kier alpha value is -2.09. The zero-order chi connectivity index (χ0) is 12.8. The maximum Gasteiger partial charge on any atom is 0.210 e. The van der Waals surface area contributed by atoms with Crippen LogP contribution in [0.2, 0.25) is 0 Å². The standard InChI is InChI=1S/C17H15NO/c19-11-18-9-8-12-5-3-7-15-14-6-2-1-4-13(14)10-16(18)17(12)15/h1-7,11,16H,8-10H2. The van der Waals surface area contributed by atoms with Crippen molar-refractivity contribution in [3.8, 4) is 11.1 Å². The van der Waals surface area contributed by atoms with Crippen LogP contribution in [-0.4, -0.2) is 17.9 Å². The van der Waals surface area contributed by atoms with Crippen LogP contribution in [0.4, 0.5) is 0 Å². The van der Waals surface area contributed by atoms with Crippen LogP contribution in [0.1, 0.15) is 22.7 Å².